The number of rotatable bonds is 14. The van der Waals surface area contributed by atoms with Gasteiger partial charge in [-0.2, -0.15) is 0 Å². The molecule has 128 valence electrons. The third-order valence-electron chi connectivity index (χ3n) is 3.16. The molecule has 6 heteroatoms. The van der Waals surface area contributed by atoms with Gasteiger partial charge in [0, 0.05) is 37.2 Å². The first kappa shape index (κ1) is 20.6. The third kappa shape index (κ3) is 9.52. The summed E-state index contributed by atoms with van der Waals surface area (Å²) in [6.45, 7) is 5.63. The molecule has 0 bridgehead atoms. The molecule has 0 aliphatic carbocycles. The van der Waals surface area contributed by atoms with Crippen LogP contribution in [-0.4, -0.2) is 48.6 Å². The van der Waals surface area contributed by atoms with E-state index in [1.807, 2.05) is 13.8 Å². The van der Waals surface area contributed by atoms with E-state index in [-0.39, 0.29) is 37.2 Å². The van der Waals surface area contributed by atoms with Gasteiger partial charge < -0.3 is 19.7 Å². The van der Waals surface area contributed by atoms with Crippen molar-refractivity contribution < 1.29 is 29.3 Å². The summed E-state index contributed by atoms with van der Waals surface area (Å²) in [6.07, 6.45) is 3.99. The fourth-order valence-electron chi connectivity index (χ4n) is 1.82. The highest BCUT2D eigenvalue weighted by atomic mass is 16.5. The molecule has 6 nitrogen and oxygen atoms in total. The Hall–Kier alpha value is -1.40. The standard InChI is InChI=1S/C16H28O6/c1-3-5-9-21-11-7-13(15(17)18)14(16(19)20)8-12-22-10-6-4-2/h3-12H2,1-2H3,(H,17,18)(H,19,20). The van der Waals surface area contributed by atoms with Crippen LogP contribution in [0.3, 0.4) is 0 Å². The number of aliphatic carboxylic acids is 2. The predicted molar refractivity (Wildman–Crippen MR) is 83.0 cm³/mol. The zero-order valence-corrected chi connectivity index (χ0v) is 13.6. The van der Waals surface area contributed by atoms with Crippen molar-refractivity contribution in [2.24, 2.45) is 0 Å². The van der Waals surface area contributed by atoms with Gasteiger partial charge in [0.25, 0.3) is 0 Å². The van der Waals surface area contributed by atoms with Crippen molar-refractivity contribution in [1.82, 2.24) is 0 Å². The van der Waals surface area contributed by atoms with Gasteiger partial charge in [0.05, 0.1) is 13.2 Å². The lowest BCUT2D eigenvalue weighted by Gasteiger charge is -2.10. The van der Waals surface area contributed by atoms with Crippen LogP contribution in [0.4, 0.5) is 0 Å². The average Bonchev–Trinajstić information content (AvgIpc) is 2.47. The SMILES string of the molecule is CCCCOCCC(C(=O)O)=C(CCOCCCC)C(=O)O. The summed E-state index contributed by atoms with van der Waals surface area (Å²) in [6, 6.07) is 0. The number of unbranched alkanes of at least 4 members (excludes halogenated alkanes) is 2. The fourth-order valence-corrected chi connectivity index (χ4v) is 1.82. The van der Waals surface area contributed by atoms with Crippen molar-refractivity contribution in [3.8, 4) is 0 Å². The van der Waals surface area contributed by atoms with Gasteiger partial charge in [0.1, 0.15) is 0 Å². The molecule has 0 saturated heterocycles. The van der Waals surface area contributed by atoms with E-state index < -0.39 is 11.9 Å². The Labute approximate surface area is 132 Å². The first-order valence-electron chi connectivity index (χ1n) is 7.88. The van der Waals surface area contributed by atoms with Gasteiger partial charge in [-0.3, -0.25) is 0 Å². The molecule has 0 aromatic rings. The Morgan fingerprint density at radius 2 is 1.09 bits per heavy atom. The molecular weight excluding hydrogens is 288 g/mol. The van der Waals surface area contributed by atoms with E-state index in [1.165, 1.54) is 0 Å². The first-order chi connectivity index (χ1) is 10.5. The molecule has 0 amide bonds. The molecule has 0 aromatic carbocycles. The monoisotopic (exact) mass is 316 g/mol. The maximum absolute atomic E-state index is 11.3. The zero-order valence-electron chi connectivity index (χ0n) is 13.6. The molecule has 0 unspecified atom stereocenters. The van der Waals surface area contributed by atoms with Crippen LogP contribution in [0.5, 0.6) is 0 Å². The van der Waals surface area contributed by atoms with E-state index in [0.717, 1.165) is 25.7 Å². The van der Waals surface area contributed by atoms with Gasteiger partial charge >= 0.3 is 11.9 Å². The van der Waals surface area contributed by atoms with Crippen molar-refractivity contribution >= 4 is 11.9 Å². The summed E-state index contributed by atoms with van der Waals surface area (Å²) in [5, 5.41) is 18.4. The second-order valence-electron chi connectivity index (χ2n) is 5.00. The highest BCUT2D eigenvalue weighted by Gasteiger charge is 2.19. The van der Waals surface area contributed by atoms with E-state index in [1.54, 1.807) is 0 Å². The molecule has 0 aliphatic heterocycles. The molecule has 0 aromatic heterocycles. The van der Waals surface area contributed by atoms with Gasteiger partial charge in [0.15, 0.2) is 0 Å². The summed E-state index contributed by atoms with van der Waals surface area (Å²) in [5.74, 6) is -2.41. The molecule has 0 rings (SSSR count). The summed E-state index contributed by atoms with van der Waals surface area (Å²) < 4.78 is 10.6. The molecule has 0 saturated carbocycles. The molecular formula is C16H28O6. The maximum atomic E-state index is 11.3. The van der Waals surface area contributed by atoms with Crippen LogP contribution < -0.4 is 0 Å². The first-order valence-corrected chi connectivity index (χ1v) is 7.88. The van der Waals surface area contributed by atoms with E-state index in [9.17, 15) is 19.8 Å². The maximum Gasteiger partial charge on any atom is 0.332 e. The molecule has 22 heavy (non-hydrogen) atoms. The quantitative estimate of drug-likeness (QED) is 0.378. The lowest BCUT2D eigenvalue weighted by atomic mass is 10.0. The molecule has 0 atom stereocenters. The third-order valence-corrected chi connectivity index (χ3v) is 3.16. The van der Waals surface area contributed by atoms with Crippen LogP contribution in [0, 0.1) is 0 Å². The van der Waals surface area contributed by atoms with Gasteiger partial charge in [-0.1, -0.05) is 26.7 Å². The number of carboxylic acid groups (broad SMARTS) is 2. The molecule has 2 N–H and O–H groups in total. The van der Waals surface area contributed by atoms with Gasteiger partial charge in [-0.25, -0.2) is 9.59 Å². The van der Waals surface area contributed by atoms with E-state index >= 15 is 0 Å². The van der Waals surface area contributed by atoms with Crippen molar-refractivity contribution in [3.05, 3.63) is 11.1 Å². The Kier molecular flexibility index (Phi) is 12.4. The van der Waals surface area contributed by atoms with E-state index in [2.05, 4.69) is 0 Å². The number of ether oxygens (including phenoxy) is 2. The molecule has 0 heterocycles. The largest absolute Gasteiger partial charge is 0.478 e. The number of carboxylic acids is 2. The van der Waals surface area contributed by atoms with Crippen molar-refractivity contribution in [2.45, 2.75) is 52.4 Å². The van der Waals surface area contributed by atoms with E-state index in [4.69, 9.17) is 9.47 Å². The van der Waals surface area contributed by atoms with Gasteiger partial charge in [0.2, 0.25) is 0 Å². The second-order valence-corrected chi connectivity index (χ2v) is 5.00. The Morgan fingerprint density at radius 3 is 1.36 bits per heavy atom. The predicted octanol–water partition coefficient (Wildman–Crippen LogP) is 2.87. The van der Waals surface area contributed by atoms with E-state index in [0.29, 0.717) is 13.2 Å². The molecule has 0 radical (unpaired) electrons. The minimum atomic E-state index is -1.20. The van der Waals surface area contributed by atoms with Crippen molar-refractivity contribution in [1.29, 1.82) is 0 Å². The van der Waals surface area contributed by atoms with Gasteiger partial charge in [-0.05, 0) is 12.8 Å². The Balaban J connectivity index is 4.55. The highest BCUT2D eigenvalue weighted by Crippen LogP contribution is 2.15. The van der Waals surface area contributed by atoms with Crippen molar-refractivity contribution in [2.75, 3.05) is 26.4 Å². The van der Waals surface area contributed by atoms with Crippen LogP contribution in [0.15, 0.2) is 11.1 Å². The molecule has 0 spiro atoms. The minimum absolute atomic E-state index is 0.0929. The highest BCUT2D eigenvalue weighted by molar-refractivity contribution is 5.98. The topological polar surface area (TPSA) is 93.1 Å². The second kappa shape index (κ2) is 13.3. The number of carbonyl (C=O) groups is 2. The van der Waals surface area contributed by atoms with Crippen LogP contribution in [0.2, 0.25) is 0 Å². The minimum Gasteiger partial charge on any atom is -0.478 e. The summed E-state index contributed by atoms with van der Waals surface area (Å²) >= 11 is 0. The fraction of sp³-hybridized carbons (Fsp3) is 0.750. The normalized spacial score (nSPS) is 12.1. The number of hydrogen-bond donors (Lipinski definition) is 2. The van der Waals surface area contributed by atoms with Crippen LogP contribution >= 0.6 is 0 Å². The zero-order chi connectivity index (χ0) is 16.8. The Bertz CT molecular complexity index is 328. The van der Waals surface area contributed by atoms with Gasteiger partial charge in [-0.15, -0.1) is 0 Å². The van der Waals surface area contributed by atoms with Crippen LogP contribution in [0.1, 0.15) is 52.4 Å². The average molecular weight is 316 g/mol. The lowest BCUT2D eigenvalue weighted by Crippen LogP contribution is -2.15. The lowest BCUT2D eigenvalue weighted by molar-refractivity contribution is -0.136. The number of hydrogen-bond acceptors (Lipinski definition) is 4. The smallest absolute Gasteiger partial charge is 0.332 e. The summed E-state index contributed by atoms with van der Waals surface area (Å²) in [4.78, 5) is 22.6. The Morgan fingerprint density at radius 1 is 0.727 bits per heavy atom. The van der Waals surface area contributed by atoms with Crippen LogP contribution in [-0.2, 0) is 19.1 Å². The summed E-state index contributed by atoms with van der Waals surface area (Å²) in [5.41, 5.74) is -0.189. The molecule has 0 fully saturated rings. The van der Waals surface area contributed by atoms with Crippen LogP contribution in [0.25, 0.3) is 0 Å². The molecule has 0 aliphatic rings. The summed E-state index contributed by atoms with van der Waals surface area (Å²) in [7, 11) is 0. The van der Waals surface area contributed by atoms with Crippen molar-refractivity contribution in [3.63, 3.8) is 0 Å².